The molecule has 1 aliphatic heterocycles. The van der Waals surface area contributed by atoms with Crippen molar-refractivity contribution in [2.75, 3.05) is 18.5 Å². The van der Waals surface area contributed by atoms with Gasteiger partial charge in [-0.1, -0.05) is 18.2 Å². The fourth-order valence-electron chi connectivity index (χ4n) is 3.36. The second-order valence-corrected chi connectivity index (χ2v) is 6.97. The lowest BCUT2D eigenvalue weighted by Gasteiger charge is -2.25. The molecule has 2 N–H and O–H groups in total. The highest BCUT2D eigenvalue weighted by atomic mass is 16.5. The molecule has 0 radical (unpaired) electrons. The van der Waals surface area contributed by atoms with Crippen LogP contribution in [0.2, 0.25) is 0 Å². The molecule has 4 rings (SSSR count). The second-order valence-electron chi connectivity index (χ2n) is 6.97. The summed E-state index contributed by atoms with van der Waals surface area (Å²) in [6.45, 7) is 1.27. The van der Waals surface area contributed by atoms with Gasteiger partial charge in [-0.3, -0.25) is 0 Å². The summed E-state index contributed by atoms with van der Waals surface area (Å²) in [6, 6.07) is 16.9. The van der Waals surface area contributed by atoms with Crippen LogP contribution in [0.5, 0.6) is 5.75 Å². The van der Waals surface area contributed by atoms with E-state index in [1.54, 1.807) is 18.3 Å². The molecule has 7 nitrogen and oxygen atoms in total. The number of aliphatic hydroxyl groups is 1. The quantitative estimate of drug-likeness (QED) is 0.647. The van der Waals surface area contributed by atoms with Gasteiger partial charge in [0.2, 0.25) is 5.95 Å². The Hall–Kier alpha value is -3.47. The second kappa shape index (κ2) is 9.35. The van der Waals surface area contributed by atoms with Crippen LogP contribution in [0.1, 0.15) is 24.0 Å². The molecular formula is C23H22N4O3. The minimum Gasteiger partial charge on any atom is -0.488 e. The predicted molar refractivity (Wildman–Crippen MR) is 112 cm³/mol. The zero-order valence-electron chi connectivity index (χ0n) is 16.4. The Labute approximate surface area is 174 Å². The highest BCUT2D eigenvalue weighted by Crippen LogP contribution is 2.34. The Morgan fingerprint density at radius 3 is 2.80 bits per heavy atom. The van der Waals surface area contributed by atoms with Crippen molar-refractivity contribution in [1.82, 2.24) is 9.97 Å². The third-order valence-corrected chi connectivity index (χ3v) is 4.89. The van der Waals surface area contributed by atoms with Crippen molar-refractivity contribution >= 4 is 11.6 Å². The van der Waals surface area contributed by atoms with Crippen molar-refractivity contribution in [2.24, 2.45) is 0 Å². The molecule has 0 spiro atoms. The summed E-state index contributed by atoms with van der Waals surface area (Å²) in [4.78, 5) is 8.92. The van der Waals surface area contributed by atoms with E-state index in [2.05, 4.69) is 21.4 Å². The summed E-state index contributed by atoms with van der Waals surface area (Å²) in [5.41, 5.74) is 3.45. The number of hydrogen-bond donors (Lipinski definition) is 2. The fraction of sp³-hybridized carbons (Fsp3) is 0.261. The van der Waals surface area contributed by atoms with Gasteiger partial charge in [-0.2, -0.15) is 5.26 Å². The Morgan fingerprint density at radius 1 is 1.17 bits per heavy atom. The molecule has 0 amide bonds. The number of benzene rings is 2. The molecule has 0 saturated carbocycles. The van der Waals surface area contributed by atoms with Crippen molar-refractivity contribution < 1.29 is 14.6 Å². The van der Waals surface area contributed by atoms with E-state index in [1.807, 2.05) is 36.4 Å². The zero-order valence-corrected chi connectivity index (χ0v) is 16.4. The van der Waals surface area contributed by atoms with Crippen LogP contribution < -0.4 is 10.1 Å². The molecule has 0 atom stereocenters. The first kappa shape index (κ1) is 19.8. The molecule has 2 heterocycles. The van der Waals surface area contributed by atoms with E-state index in [0.29, 0.717) is 36.2 Å². The van der Waals surface area contributed by atoms with E-state index in [4.69, 9.17) is 9.47 Å². The van der Waals surface area contributed by atoms with Gasteiger partial charge in [-0.25, -0.2) is 9.97 Å². The normalized spacial score (nSPS) is 14.1. The van der Waals surface area contributed by atoms with Crippen LogP contribution in [0, 0.1) is 11.3 Å². The molecule has 1 aromatic heterocycles. The molecule has 2 aromatic carbocycles. The predicted octanol–water partition coefficient (Wildman–Crippen LogP) is 3.81. The van der Waals surface area contributed by atoms with Crippen LogP contribution in [-0.2, 0) is 11.3 Å². The third-order valence-electron chi connectivity index (χ3n) is 4.89. The van der Waals surface area contributed by atoms with Crippen LogP contribution in [-0.4, -0.2) is 34.4 Å². The molecule has 0 bridgehead atoms. The highest BCUT2D eigenvalue weighted by Gasteiger charge is 2.20. The first-order valence-electron chi connectivity index (χ1n) is 9.84. The molecule has 7 heteroatoms. The van der Waals surface area contributed by atoms with Crippen molar-refractivity contribution in [3.63, 3.8) is 0 Å². The number of aliphatic hydroxyl groups excluding tert-OH is 1. The highest BCUT2D eigenvalue weighted by molar-refractivity contribution is 5.72. The van der Waals surface area contributed by atoms with Gasteiger partial charge < -0.3 is 19.9 Å². The van der Waals surface area contributed by atoms with E-state index >= 15 is 0 Å². The maximum absolute atomic E-state index is 9.60. The maximum Gasteiger partial charge on any atom is 0.227 e. The van der Waals surface area contributed by atoms with Crippen LogP contribution >= 0.6 is 0 Å². The SMILES string of the molecule is N#Cc1cccc(-c2ccnc(Nc3cccc(CO)c3)n2)c1OC1CCOCC1. The Bertz CT molecular complexity index is 1060. The fourth-order valence-corrected chi connectivity index (χ4v) is 3.36. The number of ether oxygens (including phenoxy) is 2. The molecule has 1 saturated heterocycles. The Kier molecular flexibility index (Phi) is 6.18. The lowest BCUT2D eigenvalue weighted by Crippen LogP contribution is -2.26. The summed E-state index contributed by atoms with van der Waals surface area (Å²) in [6.07, 6.45) is 3.25. The Morgan fingerprint density at radius 2 is 2.00 bits per heavy atom. The topological polar surface area (TPSA) is 100 Å². The van der Waals surface area contributed by atoms with Crippen LogP contribution in [0.3, 0.4) is 0 Å². The average molecular weight is 402 g/mol. The van der Waals surface area contributed by atoms with Crippen molar-refractivity contribution in [3.8, 4) is 23.1 Å². The first-order chi connectivity index (χ1) is 14.8. The van der Waals surface area contributed by atoms with Gasteiger partial charge in [-0.05, 0) is 35.9 Å². The van der Waals surface area contributed by atoms with E-state index < -0.39 is 0 Å². The molecule has 0 unspecified atom stereocenters. The molecule has 152 valence electrons. The van der Waals surface area contributed by atoms with Crippen LogP contribution in [0.25, 0.3) is 11.3 Å². The van der Waals surface area contributed by atoms with Gasteiger partial charge in [0.15, 0.2) is 0 Å². The third kappa shape index (κ3) is 4.57. The van der Waals surface area contributed by atoms with Gasteiger partial charge in [0.25, 0.3) is 0 Å². The number of nitrogens with one attached hydrogen (secondary N) is 1. The maximum atomic E-state index is 9.60. The largest absolute Gasteiger partial charge is 0.488 e. The summed E-state index contributed by atoms with van der Waals surface area (Å²) < 4.78 is 11.6. The number of rotatable bonds is 6. The number of anilines is 2. The summed E-state index contributed by atoms with van der Waals surface area (Å²) in [5, 5.41) is 22.1. The van der Waals surface area contributed by atoms with Crippen LogP contribution in [0.4, 0.5) is 11.6 Å². The molecule has 0 aliphatic carbocycles. The van der Waals surface area contributed by atoms with Crippen LogP contribution in [0.15, 0.2) is 54.7 Å². The average Bonchev–Trinajstić information content (AvgIpc) is 2.80. The smallest absolute Gasteiger partial charge is 0.227 e. The van der Waals surface area contributed by atoms with E-state index in [1.165, 1.54) is 0 Å². The lowest BCUT2D eigenvalue weighted by atomic mass is 10.1. The molecule has 1 fully saturated rings. The minimum absolute atomic E-state index is 0.00709. The van der Waals surface area contributed by atoms with Gasteiger partial charge in [0, 0.05) is 30.3 Å². The van der Waals surface area contributed by atoms with E-state index in [-0.39, 0.29) is 12.7 Å². The number of nitriles is 1. The molecule has 3 aromatic rings. The lowest BCUT2D eigenvalue weighted by molar-refractivity contribution is 0.0257. The number of nitrogens with zero attached hydrogens (tertiary/aromatic N) is 3. The monoisotopic (exact) mass is 402 g/mol. The number of hydrogen-bond acceptors (Lipinski definition) is 7. The summed E-state index contributed by atoms with van der Waals surface area (Å²) in [7, 11) is 0. The van der Waals surface area contributed by atoms with Crippen molar-refractivity contribution in [1.29, 1.82) is 5.26 Å². The van der Waals surface area contributed by atoms with Gasteiger partial charge >= 0.3 is 0 Å². The number of aromatic nitrogens is 2. The zero-order chi connectivity index (χ0) is 20.8. The molecule has 30 heavy (non-hydrogen) atoms. The minimum atomic E-state index is -0.0374. The number of para-hydroxylation sites is 1. The van der Waals surface area contributed by atoms with E-state index in [0.717, 1.165) is 29.7 Å². The van der Waals surface area contributed by atoms with Gasteiger partial charge in [0.1, 0.15) is 17.9 Å². The van der Waals surface area contributed by atoms with E-state index in [9.17, 15) is 10.4 Å². The first-order valence-corrected chi connectivity index (χ1v) is 9.84. The Balaban J connectivity index is 1.65. The van der Waals surface area contributed by atoms with Gasteiger partial charge in [-0.15, -0.1) is 0 Å². The summed E-state index contributed by atoms with van der Waals surface area (Å²) >= 11 is 0. The summed E-state index contributed by atoms with van der Waals surface area (Å²) in [5.74, 6) is 0.959. The van der Waals surface area contributed by atoms with Crippen molar-refractivity contribution in [3.05, 3.63) is 65.9 Å². The van der Waals surface area contributed by atoms with Gasteiger partial charge in [0.05, 0.1) is 31.1 Å². The standard InChI is InChI=1S/C23H22N4O3/c24-14-17-4-2-6-20(22(17)30-19-8-11-29-12-9-19)21-7-10-25-23(27-21)26-18-5-1-3-16(13-18)15-28/h1-7,10,13,19,28H,8-9,11-12,15H2,(H,25,26,27). The molecular weight excluding hydrogens is 380 g/mol. The van der Waals surface area contributed by atoms with Crippen molar-refractivity contribution in [2.45, 2.75) is 25.6 Å². The molecule has 1 aliphatic rings.